The normalized spacial score (nSPS) is 11.5. The van der Waals surface area contributed by atoms with Gasteiger partial charge in [-0.1, -0.05) is 55.6 Å². The largest absolute Gasteiger partial charge is 0.497 e. The van der Waals surface area contributed by atoms with Crippen LogP contribution in [0.25, 0.3) is 0 Å². The molecule has 1 atom stereocenters. The van der Waals surface area contributed by atoms with Crippen molar-refractivity contribution in [1.82, 2.24) is 0 Å². The second kappa shape index (κ2) is 7.88. The molecule has 0 bridgehead atoms. The first kappa shape index (κ1) is 17.9. The summed E-state index contributed by atoms with van der Waals surface area (Å²) in [4.78, 5) is 0. The molecule has 0 heterocycles. The standard InChI is InChI=1S/C21H22O2Si/c1-23-19-13-10-17(11-14-19)9-12-18-7-5-6-8-20(18)21(22)15-16-24(2,3)4/h5-8,10-11,13-14,21-22H,1-4H3. The molecule has 3 heteroatoms. The van der Waals surface area contributed by atoms with Gasteiger partial charge in [0.1, 0.15) is 19.9 Å². The van der Waals surface area contributed by atoms with E-state index >= 15 is 0 Å². The molecule has 0 aliphatic rings. The van der Waals surface area contributed by atoms with Gasteiger partial charge < -0.3 is 9.84 Å². The number of methoxy groups -OCH3 is 1. The van der Waals surface area contributed by atoms with Gasteiger partial charge in [-0.2, -0.15) is 0 Å². The molecule has 1 unspecified atom stereocenters. The van der Waals surface area contributed by atoms with Crippen LogP contribution in [0, 0.1) is 23.3 Å². The molecular weight excluding hydrogens is 312 g/mol. The molecule has 0 saturated heterocycles. The van der Waals surface area contributed by atoms with Crippen molar-refractivity contribution in [3.05, 3.63) is 65.2 Å². The van der Waals surface area contributed by atoms with E-state index < -0.39 is 14.2 Å². The molecule has 0 spiro atoms. The molecule has 2 aromatic rings. The Morgan fingerprint density at radius 2 is 1.62 bits per heavy atom. The topological polar surface area (TPSA) is 29.5 Å². The first-order chi connectivity index (χ1) is 11.4. The number of ether oxygens (including phenoxy) is 1. The van der Waals surface area contributed by atoms with Crippen molar-refractivity contribution < 1.29 is 9.84 Å². The first-order valence-electron chi connectivity index (χ1n) is 7.85. The Balaban J connectivity index is 2.29. The minimum absolute atomic E-state index is 0.754. The Hall–Kier alpha value is -2.46. The van der Waals surface area contributed by atoms with Crippen molar-refractivity contribution in [1.29, 1.82) is 0 Å². The van der Waals surface area contributed by atoms with Crippen molar-refractivity contribution in [3.8, 4) is 29.1 Å². The van der Waals surface area contributed by atoms with Crippen molar-refractivity contribution in [3.63, 3.8) is 0 Å². The second-order valence-corrected chi connectivity index (χ2v) is 11.2. The maximum absolute atomic E-state index is 10.4. The average Bonchev–Trinajstić information content (AvgIpc) is 2.58. The van der Waals surface area contributed by atoms with E-state index in [1.54, 1.807) is 7.11 Å². The monoisotopic (exact) mass is 334 g/mol. The van der Waals surface area contributed by atoms with E-state index in [0.29, 0.717) is 0 Å². The zero-order chi connectivity index (χ0) is 17.6. The molecule has 0 aromatic heterocycles. The number of hydrogen-bond acceptors (Lipinski definition) is 2. The van der Waals surface area contributed by atoms with Crippen LogP contribution in [-0.2, 0) is 0 Å². The smallest absolute Gasteiger partial charge is 0.140 e. The number of aliphatic hydroxyl groups excluding tert-OH is 1. The van der Waals surface area contributed by atoms with E-state index in [-0.39, 0.29) is 0 Å². The van der Waals surface area contributed by atoms with Crippen LogP contribution in [-0.4, -0.2) is 20.3 Å². The summed E-state index contributed by atoms with van der Waals surface area (Å²) < 4.78 is 5.14. The van der Waals surface area contributed by atoms with Gasteiger partial charge in [-0.05, 0) is 30.3 Å². The van der Waals surface area contributed by atoms with Crippen molar-refractivity contribution in [2.45, 2.75) is 25.7 Å². The summed E-state index contributed by atoms with van der Waals surface area (Å²) in [7, 11) is 0.119. The maximum Gasteiger partial charge on any atom is 0.140 e. The van der Waals surface area contributed by atoms with Crippen LogP contribution < -0.4 is 4.74 Å². The van der Waals surface area contributed by atoms with E-state index in [2.05, 4.69) is 42.9 Å². The van der Waals surface area contributed by atoms with Crippen molar-refractivity contribution >= 4 is 8.07 Å². The molecule has 0 aliphatic heterocycles. The van der Waals surface area contributed by atoms with Crippen LogP contribution in [0.15, 0.2) is 48.5 Å². The zero-order valence-electron chi connectivity index (χ0n) is 14.6. The molecule has 0 aliphatic carbocycles. The summed E-state index contributed by atoms with van der Waals surface area (Å²) in [6, 6.07) is 15.2. The Morgan fingerprint density at radius 1 is 0.958 bits per heavy atom. The molecule has 2 rings (SSSR count). The maximum atomic E-state index is 10.4. The first-order valence-corrected chi connectivity index (χ1v) is 11.3. The van der Waals surface area contributed by atoms with Crippen LogP contribution in [0.1, 0.15) is 22.8 Å². The summed E-state index contributed by atoms with van der Waals surface area (Å²) in [5.74, 6) is 10.0. The minimum atomic E-state index is -1.52. The lowest BCUT2D eigenvalue weighted by Gasteiger charge is -2.09. The summed E-state index contributed by atoms with van der Waals surface area (Å²) >= 11 is 0. The highest BCUT2D eigenvalue weighted by Crippen LogP contribution is 2.17. The highest BCUT2D eigenvalue weighted by atomic mass is 28.3. The Bertz CT molecular complexity index is 809. The van der Waals surface area contributed by atoms with Crippen LogP contribution in [0.3, 0.4) is 0 Å². The molecule has 0 amide bonds. The Kier molecular flexibility index (Phi) is 5.87. The fourth-order valence-corrected chi connectivity index (χ4v) is 2.60. The van der Waals surface area contributed by atoms with Crippen molar-refractivity contribution in [2.75, 3.05) is 7.11 Å². The summed E-state index contributed by atoms with van der Waals surface area (Å²) in [5, 5.41) is 10.4. The van der Waals surface area contributed by atoms with E-state index in [9.17, 15) is 5.11 Å². The predicted molar refractivity (Wildman–Crippen MR) is 101 cm³/mol. The lowest BCUT2D eigenvalue weighted by atomic mass is 10.0. The average molecular weight is 334 g/mol. The van der Waals surface area contributed by atoms with Crippen LogP contribution in [0.5, 0.6) is 5.75 Å². The molecule has 2 nitrogen and oxygen atoms in total. The Labute approximate surface area is 145 Å². The lowest BCUT2D eigenvalue weighted by molar-refractivity contribution is 0.238. The minimum Gasteiger partial charge on any atom is -0.497 e. The fraction of sp³-hybridized carbons (Fsp3) is 0.238. The molecular formula is C21H22O2Si. The number of hydrogen-bond donors (Lipinski definition) is 1. The highest BCUT2D eigenvalue weighted by molar-refractivity contribution is 6.83. The molecule has 122 valence electrons. The summed E-state index contributed by atoms with van der Waals surface area (Å²) in [6.45, 7) is 6.46. The van der Waals surface area contributed by atoms with Gasteiger partial charge in [0.2, 0.25) is 0 Å². The van der Waals surface area contributed by atoms with Crippen LogP contribution in [0.4, 0.5) is 0 Å². The summed E-state index contributed by atoms with van der Waals surface area (Å²) in [5.41, 5.74) is 5.66. The molecule has 1 N–H and O–H groups in total. The predicted octanol–water partition coefficient (Wildman–Crippen LogP) is 4.01. The molecule has 0 radical (unpaired) electrons. The number of benzene rings is 2. The van der Waals surface area contributed by atoms with E-state index in [4.69, 9.17) is 4.74 Å². The van der Waals surface area contributed by atoms with Gasteiger partial charge in [0.05, 0.1) is 7.11 Å². The molecule has 0 saturated carbocycles. The van der Waals surface area contributed by atoms with E-state index in [1.807, 2.05) is 48.5 Å². The van der Waals surface area contributed by atoms with Gasteiger partial charge in [0, 0.05) is 16.7 Å². The van der Waals surface area contributed by atoms with E-state index in [0.717, 1.165) is 22.4 Å². The third-order valence-electron chi connectivity index (χ3n) is 3.27. The third-order valence-corrected chi connectivity index (χ3v) is 4.17. The highest BCUT2D eigenvalue weighted by Gasteiger charge is 2.11. The number of aliphatic hydroxyl groups is 1. The van der Waals surface area contributed by atoms with Gasteiger partial charge in [-0.15, -0.1) is 5.54 Å². The summed E-state index contributed by atoms with van der Waals surface area (Å²) in [6.07, 6.45) is -0.807. The van der Waals surface area contributed by atoms with Crippen LogP contribution >= 0.6 is 0 Å². The van der Waals surface area contributed by atoms with Crippen LogP contribution in [0.2, 0.25) is 19.6 Å². The lowest BCUT2D eigenvalue weighted by Crippen LogP contribution is -2.17. The fourth-order valence-electron chi connectivity index (χ4n) is 2.03. The SMILES string of the molecule is COc1ccc(C#Cc2ccccc2C(O)C#C[Si](C)(C)C)cc1. The van der Waals surface area contributed by atoms with Gasteiger partial charge >= 0.3 is 0 Å². The second-order valence-electron chi connectivity index (χ2n) is 6.49. The van der Waals surface area contributed by atoms with Gasteiger partial charge in [0.15, 0.2) is 0 Å². The van der Waals surface area contributed by atoms with E-state index in [1.165, 1.54) is 0 Å². The zero-order valence-corrected chi connectivity index (χ0v) is 15.6. The molecule has 2 aromatic carbocycles. The quantitative estimate of drug-likeness (QED) is 0.664. The van der Waals surface area contributed by atoms with Gasteiger partial charge in [-0.3, -0.25) is 0 Å². The van der Waals surface area contributed by atoms with Gasteiger partial charge in [-0.25, -0.2) is 0 Å². The number of rotatable bonds is 2. The molecule has 0 fully saturated rings. The van der Waals surface area contributed by atoms with Gasteiger partial charge in [0.25, 0.3) is 0 Å². The third kappa shape index (κ3) is 5.32. The van der Waals surface area contributed by atoms with Crippen molar-refractivity contribution in [2.24, 2.45) is 0 Å². The molecule has 24 heavy (non-hydrogen) atoms. The Morgan fingerprint density at radius 3 is 2.25 bits per heavy atom.